The molecule has 0 fully saturated rings. The van der Waals surface area contributed by atoms with Crippen molar-refractivity contribution in [3.8, 4) is 0 Å². The Balaban J connectivity index is 0.0000000882. The maximum absolute atomic E-state index is 2.24. The molecule has 24 rings (SSSR count). The third-order valence-electron chi connectivity index (χ3n) is 21.9. The van der Waals surface area contributed by atoms with Crippen LogP contribution in [0.4, 0.5) is 0 Å². The SMILES string of the molecule is c1ccc2c(c1)ccc1c3ccccc3ccc21.c1ccc2c(c1)ccc1c3ccccc3ccc21.c1ccc2c(c1)ccc1c3ccccc3ccc21.c1ccc2c(c1)ccc1c3ccccc3ccc21.c1ccc2c(c1)ccc1c3ccccc3ccc21.c1ccc2c(c1)ccc1c3ccccc3ccc21. The van der Waals surface area contributed by atoms with Crippen molar-refractivity contribution >= 4 is 194 Å². The number of hydrogen-bond donors (Lipinski definition) is 0. The number of benzene rings is 24. The van der Waals surface area contributed by atoms with Gasteiger partial charge in [-0.3, -0.25) is 0 Å². The van der Waals surface area contributed by atoms with Crippen LogP contribution in [0.1, 0.15) is 0 Å². The van der Waals surface area contributed by atoms with E-state index in [1.165, 1.54) is 194 Å². The van der Waals surface area contributed by atoms with Crippen LogP contribution in [0.2, 0.25) is 0 Å². The second-order valence-electron chi connectivity index (χ2n) is 28.0. The standard InChI is InChI=1S/6C18H12/c6*1-3-7-15-13(5-1)9-11-18-16-8-4-2-6-14(16)10-12-17(15)18/h6*1-12H. The molecule has 0 aromatic heterocycles. The molecule has 0 heteroatoms. The Morgan fingerprint density at radius 3 is 0.213 bits per heavy atom. The third-order valence-corrected chi connectivity index (χ3v) is 21.9. The minimum Gasteiger partial charge on any atom is -0.0616 e. The van der Waals surface area contributed by atoms with Gasteiger partial charge in [0.15, 0.2) is 0 Å². The molecular weight excluding hydrogens is 1300 g/mol. The first-order chi connectivity index (χ1) is 53.6. The van der Waals surface area contributed by atoms with Crippen molar-refractivity contribution in [3.05, 3.63) is 437 Å². The summed E-state index contributed by atoms with van der Waals surface area (Å²) in [6, 6.07) is 156. The molecule has 0 atom stereocenters. The molecule has 0 saturated heterocycles. The van der Waals surface area contributed by atoms with Gasteiger partial charge in [0.25, 0.3) is 0 Å². The van der Waals surface area contributed by atoms with Gasteiger partial charge in [-0.15, -0.1) is 0 Å². The van der Waals surface area contributed by atoms with E-state index in [4.69, 9.17) is 0 Å². The van der Waals surface area contributed by atoms with Crippen LogP contribution in [0, 0.1) is 0 Å². The van der Waals surface area contributed by atoms with Crippen LogP contribution in [-0.4, -0.2) is 0 Å². The van der Waals surface area contributed by atoms with E-state index in [9.17, 15) is 0 Å². The molecule has 0 amide bonds. The van der Waals surface area contributed by atoms with Crippen LogP contribution in [0.5, 0.6) is 0 Å². The van der Waals surface area contributed by atoms with E-state index >= 15 is 0 Å². The van der Waals surface area contributed by atoms with E-state index in [-0.39, 0.29) is 0 Å². The van der Waals surface area contributed by atoms with Crippen LogP contribution in [0.3, 0.4) is 0 Å². The van der Waals surface area contributed by atoms with E-state index in [1.807, 2.05) is 0 Å². The van der Waals surface area contributed by atoms with Crippen molar-refractivity contribution in [2.45, 2.75) is 0 Å². The second kappa shape index (κ2) is 28.5. The molecular formula is C108H72. The summed E-state index contributed by atoms with van der Waals surface area (Å²) in [5.74, 6) is 0. The average molecular weight is 1370 g/mol. The highest BCUT2D eigenvalue weighted by molar-refractivity contribution is 6.23. The lowest BCUT2D eigenvalue weighted by atomic mass is 9.97. The van der Waals surface area contributed by atoms with E-state index in [2.05, 4.69) is 437 Å². The Morgan fingerprint density at radius 2 is 0.130 bits per heavy atom. The summed E-state index contributed by atoms with van der Waals surface area (Å²) in [5.41, 5.74) is 0. The van der Waals surface area contributed by atoms with Crippen LogP contribution in [-0.2, 0) is 0 Å². The molecule has 0 aliphatic carbocycles. The van der Waals surface area contributed by atoms with Crippen molar-refractivity contribution in [2.75, 3.05) is 0 Å². The Kier molecular flexibility index (Phi) is 17.1. The average Bonchev–Trinajstić information content (AvgIpc) is 0.802. The maximum atomic E-state index is 2.24. The monoisotopic (exact) mass is 1370 g/mol. The number of hydrogen-bond acceptors (Lipinski definition) is 0. The molecule has 24 aromatic rings. The van der Waals surface area contributed by atoms with Gasteiger partial charge in [0, 0.05) is 0 Å². The first kappa shape index (κ1) is 64.8. The fraction of sp³-hybridized carbons (Fsp3) is 0. The van der Waals surface area contributed by atoms with Gasteiger partial charge in [0.2, 0.25) is 0 Å². The summed E-state index contributed by atoms with van der Waals surface area (Å²) < 4.78 is 0. The molecule has 0 bridgehead atoms. The molecule has 0 N–H and O–H groups in total. The first-order valence-electron chi connectivity index (χ1n) is 37.4. The Hall–Kier alpha value is -14.0. The largest absolute Gasteiger partial charge is 0.0616 e. The Labute approximate surface area is 626 Å². The van der Waals surface area contributed by atoms with Gasteiger partial charge < -0.3 is 0 Å². The molecule has 0 heterocycles. The number of fused-ring (bicyclic) bond motifs is 30. The molecule has 108 heavy (non-hydrogen) atoms. The lowest BCUT2D eigenvalue weighted by Crippen LogP contribution is -1.79. The van der Waals surface area contributed by atoms with Crippen molar-refractivity contribution < 1.29 is 0 Å². The van der Waals surface area contributed by atoms with Crippen LogP contribution >= 0.6 is 0 Å². The van der Waals surface area contributed by atoms with Crippen LogP contribution < -0.4 is 0 Å². The molecule has 24 aromatic carbocycles. The summed E-state index contributed by atoms with van der Waals surface area (Å²) >= 11 is 0. The highest BCUT2D eigenvalue weighted by Gasteiger charge is 2.10. The van der Waals surface area contributed by atoms with Crippen molar-refractivity contribution in [1.29, 1.82) is 0 Å². The van der Waals surface area contributed by atoms with Gasteiger partial charge in [-0.2, -0.15) is 0 Å². The molecule has 0 unspecified atom stereocenters. The smallest absolute Gasteiger partial charge is 0.00990 e. The van der Waals surface area contributed by atoms with Crippen LogP contribution in [0.15, 0.2) is 437 Å². The fourth-order valence-corrected chi connectivity index (χ4v) is 16.6. The van der Waals surface area contributed by atoms with E-state index in [0.29, 0.717) is 0 Å². The molecule has 0 nitrogen and oxygen atoms in total. The minimum absolute atomic E-state index is 1.31. The quantitative estimate of drug-likeness (QED) is 0.133. The minimum atomic E-state index is 1.31. The van der Waals surface area contributed by atoms with Crippen molar-refractivity contribution in [2.24, 2.45) is 0 Å². The van der Waals surface area contributed by atoms with E-state index in [0.717, 1.165) is 0 Å². The molecule has 0 aliphatic heterocycles. The Morgan fingerprint density at radius 1 is 0.0556 bits per heavy atom. The molecule has 0 aliphatic rings. The molecule has 0 spiro atoms. The molecule has 0 radical (unpaired) electrons. The van der Waals surface area contributed by atoms with E-state index < -0.39 is 0 Å². The fourth-order valence-electron chi connectivity index (χ4n) is 16.6. The zero-order valence-corrected chi connectivity index (χ0v) is 59.6. The normalized spacial score (nSPS) is 11.3. The van der Waals surface area contributed by atoms with Gasteiger partial charge in [-0.05, 0) is 194 Å². The lowest BCUT2D eigenvalue weighted by Gasteiger charge is -2.07. The summed E-state index contributed by atoms with van der Waals surface area (Å²) in [6.07, 6.45) is 0. The summed E-state index contributed by atoms with van der Waals surface area (Å²) in [7, 11) is 0. The van der Waals surface area contributed by atoms with Gasteiger partial charge >= 0.3 is 0 Å². The summed E-state index contributed by atoms with van der Waals surface area (Å²) in [4.78, 5) is 0. The topological polar surface area (TPSA) is 0 Å². The molecule has 504 valence electrons. The first-order valence-corrected chi connectivity index (χ1v) is 37.4. The Bertz CT molecular complexity index is 5950. The second-order valence-corrected chi connectivity index (χ2v) is 28.0. The van der Waals surface area contributed by atoms with Gasteiger partial charge in [-0.1, -0.05) is 437 Å². The maximum Gasteiger partial charge on any atom is -0.00990 e. The zero-order valence-electron chi connectivity index (χ0n) is 59.6. The predicted octanol–water partition coefficient (Wildman–Crippen LogP) is 30.9. The zero-order chi connectivity index (χ0) is 71.7. The van der Waals surface area contributed by atoms with Crippen molar-refractivity contribution in [3.63, 3.8) is 0 Å². The van der Waals surface area contributed by atoms with Crippen LogP contribution in [0.25, 0.3) is 194 Å². The number of rotatable bonds is 0. The van der Waals surface area contributed by atoms with Crippen molar-refractivity contribution in [1.82, 2.24) is 0 Å². The summed E-state index contributed by atoms with van der Waals surface area (Å²) in [6.45, 7) is 0. The molecule has 0 saturated carbocycles. The highest BCUT2D eigenvalue weighted by atomic mass is 14.1. The van der Waals surface area contributed by atoms with Gasteiger partial charge in [0.1, 0.15) is 0 Å². The third kappa shape index (κ3) is 12.2. The van der Waals surface area contributed by atoms with Gasteiger partial charge in [-0.25, -0.2) is 0 Å². The predicted molar refractivity (Wildman–Crippen MR) is 474 cm³/mol. The highest BCUT2D eigenvalue weighted by Crippen LogP contribution is 2.38. The lowest BCUT2D eigenvalue weighted by molar-refractivity contribution is 1.77. The summed E-state index contributed by atoms with van der Waals surface area (Å²) in [5, 5.41) is 47.8. The van der Waals surface area contributed by atoms with Gasteiger partial charge in [0.05, 0.1) is 0 Å². The van der Waals surface area contributed by atoms with E-state index in [1.54, 1.807) is 0 Å².